The fourth-order valence-corrected chi connectivity index (χ4v) is 3.42. The van der Waals surface area contributed by atoms with Crippen molar-refractivity contribution in [3.8, 4) is 5.75 Å². The molecule has 3 aromatic rings. The Morgan fingerprint density at radius 2 is 1.83 bits per heavy atom. The largest absolute Gasteiger partial charge is 0.493 e. The Morgan fingerprint density at radius 1 is 1.12 bits per heavy atom. The molecule has 4 nitrogen and oxygen atoms in total. The molecular formula is C19H20N2O2S. The molecule has 0 atom stereocenters. The van der Waals surface area contributed by atoms with Crippen LogP contribution in [0.2, 0.25) is 0 Å². The van der Waals surface area contributed by atoms with Gasteiger partial charge in [-0.15, -0.1) is 0 Å². The topological polar surface area (TPSA) is 44.1 Å². The summed E-state index contributed by atoms with van der Waals surface area (Å²) in [7, 11) is 1.76. The number of thioether (sulfide) groups is 1. The van der Waals surface area contributed by atoms with E-state index in [0.29, 0.717) is 17.1 Å². The summed E-state index contributed by atoms with van der Waals surface area (Å²) >= 11 is 1.53. The lowest BCUT2D eigenvalue weighted by Gasteiger charge is -2.10. The maximum atomic E-state index is 12.4. The number of ether oxygens (including phenoxy) is 1. The third kappa shape index (κ3) is 3.62. The van der Waals surface area contributed by atoms with Crippen molar-refractivity contribution in [3.05, 3.63) is 63.9 Å². The first kappa shape index (κ1) is 16.6. The van der Waals surface area contributed by atoms with Crippen LogP contribution in [0.15, 0.2) is 52.4 Å². The number of rotatable bonds is 5. The van der Waals surface area contributed by atoms with Crippen LogP contribution in [0.1, 0.15) is 11.1 Å². The van der Waals surface area contributed by atoms with Crippen molar-refractivity contribution < 1.29 is 4.74 Å². The molecule has 0 unspecified atom stereocenters. The van der Waals surface area contributed by atoms with Crippen molar-refractivity contribution in [1.29, 1.82) is 0 Å². The third-order valence-corrected chi connectivity index (χ3v) is 4.71. The van der Waals surface area contributed by atoms with Gasteiger partial charge in [-0.25, -0.2) is 4.98 Å². The number of para-hydroxylation sites is 1. The van der Waals surface area contributed by atoms with E-state index in [0.717, 1.165) is 17.0 Å². The second kappa shape index (κ2) is 7.09. The highest BCUT2D eigenvalue weighted by Gasteiger charge is 2.08. The Hall–Kier alpha value is -2.27. The molecule has 24 heavy (non-hydrogen) atoms. The number of fused-ring (bicyclic) bond motifs is 1. The quantitative estimate of drug-likeness (QED) is 0.403. The van der Waals surface area contributed by atoms with Crippen LogP contribution in [0.5, 0.6) is 5.75 Å². The minimum absolute atomic E-state index is 0.0154. The molecule has 0 aliphatic carbocycles. The van der Waals surface area contributed by atoms with Gasteiger partial charge in [0.1, 0.15) is 5.75 Å². The molecule has 5 heteroatoms. The molecule has 3 rings (SSSR count). The predicted molar refractivity (Wildman–Crippen MR) is 99.1 cm³/mol. The van der Waals surface area contributed by atoms with Gasteiger partial charge < -0.3 is 4.74 Å². The lowest BCUT2D eigenvalue weighted by Crippen LogP contribution is -2.20. The fraction of sp³-hybridized carbons (Fsp3) is 0.263. The average Bonchev–Trinajstić information content (AvgIpc) is 2.55. The summed E-state index contributed by atoms with van der Waals surface area (Å²) in [5.74, 6) is 1.61. The Balaban J connectivity index is 1.68. The minimum Gasteiger partial charge on any atom is -0.493 e. The molecule has 0 saturated carbocycles. The standard InChI is InChI=1S/C19H20N2O2S/c1-13-10-14(2)12-15(11-13)23-8-9-24-19-20-17-7-5-4-6-16(17)18(22)21(19)3/h4-7,10-12H,8-9H2,1-3H3. The van der Waals surface area contributed by atoms with Crippen molar-refractivity contribution in [2.45, 2.75) is 19.0 Å². The van der Waals surface area contributed by atoms with Crippen molar-refractivity contribution in [1.82, 2.24) is 9.55 Å². The highest BCUT2D eigenvalue weighted by molar-refractivity contribution is 7.99. The van der Waals surface area contributed by atoms with Gasteiger partial charge in [-0.3, -0.25) is 9.36 Å². The summed E-state index contributed by atoms with van der Waals surface area (Å²) in [4.78, 5) is 16.9. The average molecular weight is 340 g/mol. The first-order valence-corrected chi connectivity index (χ1v) is 8.83. The molecule has 2 aromatic carbocycles. The zero-order chi connectivity index (χ0) is 17.1. The third-order valence-electron chi connectivity index (χ3n) is 3.72. The zero-order valence-corrected chi connectivity index (χ0v) is 14.9. The predicted octanol–water partition coefficient (Wildman–Crippen LogP) is 3.72. The molecule has 0 amide bonds. The molecule has 0 aliphatic rings. The van der Waals surface area contributed by atoms with Crippen LogP contribution < -0.4 is 10.3 Å². The van der Waals surface area contributed by atoms with Gasteiger partial charge in [-0.1, -0.05) is 30.0 Å². The van der Waals surface area contributed by atoms with Gasteiger partial charge in [0.2, 0.25) is 0 Å². The highest BCUT2D eigenvalue weighted by Crippen LogP contribution is 2.19. The van der Waals surface area contributed by atoms with Crippen LogP contribution in [-0.4, -0.2) is 21.9 Å². The maximum Gasteiger partial charge on any atom is 0.261 e. The van der Waals surface area contributed by atoms with Crippen LogP contribution in [0.4, 0.5) is 0 Å². The Morgan fingerprint density at radius 3 is 2.58 bits per heavy atom. The lowest BCUT2D eigenvalue weighted by molar-refractivity contribution is 0.343. The molecular weight excluding hydrogens is 320 g/mol. The number of aromatic nitrogens is 2. The molecule has 0 radical (unpaired) electrons. The second-order valence-corrected chi connectivity index (χ2v) is 6.86. The first-order chi connectivity index (χ1) is 11.5. The molecule has 0 aliphatic heterocycles. The van der Waals surface area contributed by atoms with Gasteiger partial charge in [0.05, 0.1) is 17.5 Å². The van der Waals surface area contributed by atoms with Gasteiger partial charge >= 0.3 is 0 Å². The minimum atomic E-state index is -0.0154. The summed E-state index contributed by atoms with van der Waals surface area (Å²) in [6, 6.07) is 13.6. The van der Waals surface area contributed by atoms with E-state index in [1.807, 2.05) is 36.4 Å². The van der Waals surface area contributed by atoms with E-state index in [2.05, 4.69) is 24.9 Å². The number of aryl methyl sites for hydroxylation is 2. The Labute approximate surface area is 145 Å². The van der Waals surface area contributed by atoms with Gasteiger partial charge in [0.25, 0.3) is 5.56 Å². The van der Waals surface area contributed by atoms with Gasteiger partial charge in [0.15, 0.2) is 5.16 Å². The van der Waals surface area contributed by atoms with E-state index in [-0.39, 0.29) is 5.56 Å². The zero-order valence-electron chi connectivity index (χ0n) is 14.1. The van der Waals surface area contributed by atoms with Crippen LogP contribution >= 0.6 is 11.8 Å². The molecule has 1 heterocycles. The SMILES string of the molecule is Cc1cc(C)cc(OCCSc2nc3ccccc3c(=O)n2C)c1. The van der Waals surface area contributed by atoms with E-state index < -0.39 is 0 Å². The summed E-state index contributed by atoms with van der Waals surface area (Å²) in [5.41, 5.74) is 3.10. The molecule has 0 spiro atoms. The summed E-state index contributed by atoms with van der Waals surface area (Å²) in [6.45, 7) is 4.68. The van der Waals surface area contributed by atoms with Gasteiger partial charge in [-0.2, -0.15) is 0 Å². The molecule has 0 bridgehead atoms. The Bertz CT molecular complexity index is 914. The molecule has 1 aromatic heterocycles. The van der Waals surface area contributed by atoms with Gasteiger partial charge in [-0.05, 0) is 49.2 Å². The van der Waals surface area contributed by atoms with Crippen LogP contribution in [0, 0.1) is 13.8 Å². The summed E-state index contributed by atoms with van der Waals surface area (Å²) < 4.78 is 7.41. The molecule has 124 valence electrons. The monoisotopic (exact) mass is 340 g/mol. The number of hydrogen-bond acceptors (Lipinski definition) is 4. The van der Waals surface area contributed by atoms with Gasteiger partial charge in [0, 0.05) is 12.8 Å². The summed E-state index contributed by atoms with van der Waals surface area (Å²) in [5, 5.41) is 1.36. The van der Waals surface area contributed by atoms with E-state index in [9.17, 15) is 4.79 Å². The lowest BCUT2D eigenvalue weighted by atomic mass is 10.1. The number of hydrogen-bond donors (Lipinski definition) is 0. The smallest absolute Gasteiger partial charge is 0.261 e. The van der Waals surface area contributed by atoms with Crippen LogP contribution in [0.25, 0.3) is 10.9 Å². The van der Waals surface area contributed by atoms with E-state index in [1.165, 1.54) is 22.9 Å². The first-order valence-electron chi connectivity index (χ1n) is 7.84. The number of nitrogens with zero attached hydrogens (tertiary/aromatic N) is 2. The maximum absolute atomic E-state index is 12.4. The summed E-state index contributed by atoms with van der Waals surface area (Å²) in [6.07, 6.45) is 0. The fourth-order valence-electron chi connectivity index (χ4n) is 2.64. The van der Waals surface area contributed by atoms with Crippen molar-refractivity contribution in [2.75, 3.05) is 12.4 Å². The molecule has 0 saturated heterocycles. The number of benzene rings is 2. The second-order valence-electron chi connectivity index (χ2n) is 5.80. The molecule has 0 fully saturated rings. The molecule has 0 N–H and O–H groups in total. The van der Waals surface area contributed by atoms with E-state index in [1.54, 1.807) is 11.6 Å². The van der Waals surface area contributed by atoms with E-state index >= 15 is 0 Å². The highest BCUT2D eigenvalue weighted by atomic mass is 32.2. The Kier molecular flexibility index (Phi) is 4.90. The van der Waals surface area contributed by atoms with Crippen molar-refractivity contribution >= 4 is 22.7 Å². The van der Waals surface area contributed by atoms with Crippen LogP contribution in [0.3, 0.4) is 0 Å². The van der Waals surface area contributed by atoms with Crippen molar-refractivity contribution in [2.24, 2.45) is 7.05 Å². The van der Waals surface area contributed by atoms with E-state index in [4.69, 9.17) is 4.74 Å². The van der Waals surface area contributed by atoms with Crippen molar-refractivity contribution in [3.63, 3.8) is 0 Å². The van der Waals surface area contributed by atoms with Crippen LogP contribution in [-0.2, 0) is 7.05 Å². The normalized spacial score (nSPS) is 11.0.